The smallest absolute Gasteiger partial charge is 0.426 e. The van der Waals surface area contributed by atoms with Gasteiger partial charge >= 0.3 is 6.09 Å². The van der Waals surface area contributed by atoms with Gasteiger partial charge in [-0.1, -0.05) is 0 Å². The maximum atomic E-state index is 12.1. The Kier molecular flexibility index (Phi) is 4.06. The second kappa shape index (κ2) is 5.78. The van der Waals surface area contributed by atoms with Crippen molar-refractivity contribution >= 4 is 23.0 Å². The van der Waals surface area contributed by atoms with E-state index in [0.29, 0.717) is 16.9 Å². The Balaban J connectivity index is 2.25. The Morgan fingerprint density at radius 1 is 1.29 bits per heavy atom. The third-order valence-electron chi connectivity index (χ3n) is 2.99. The van der Waals surface area contributed by atoms with E-state index >= 15 is 0 Å². The van der Waals surface area contributed by atoms with Crippen molar-refractivity contribution in [1.29, 1.82) is 0 Å². The molecule has 0 unspecified atom stereocenters. The van der Waals surface area contributed by atoms with Crippen LogP contribution in [0.2, 0.25) is 0 Å². The highest BCUT2D eigenvalue weighted by atomic mass is 16.5. The van der Waals surface area contributed by atoms with Gasteiger partial charge < -0.3 is 4.74 Å². The maximum absolute atomic E-state index is 12.1. The molecule has 2 aromatic heterocycles. The van der Waals surface area contributed by atoms with Crippen LogP contribution in [-0.4, -0.2) is 33.4 Å². The van der Waals surface area contributed by atoms with E-state index in [1.807, 2.05) is 6.92 Å². The summed E-state index contributed by atoms with van der Waals surface area (Å²) in [5.74, 6) is -0.460. The number of ether oxygens (including phenoxy) is 1. The molecule has 8 nitrogen and oxygen atoms in total. The van der Waals surface area contributed by atoms with Crippen molar-refractivity contribution in [2.75, 3.05) is 6.61 Å². The summed E-state index contributed by atoms with van der Waals surface area (Å²) < 4.78 is 6.32. The summed E-state index contributed by atoms with van der Waals surface area (Å²) in [5.41, 5.74) is 6.87. The summed E-state index contributed by atoms with van der Waals surface area (Å²) in [4.78, 5) is 27.6. The number of aromatic nitrogens is 3. The molecule has 0 aliphatic heterocycles. The fourth-order valence-electron chi connectivity index (χ4n) is 2.00. The van der Waals surface area contributed by atoms with Crippen LogP contribution in [0.5, 0.6) is 0 Å². The number of carbonyl (C=O) groups is 2. The van der Waals surface area contributed by atoms with Crippen LogP contribution in [0.3, 0.4) is 0 Å². The number of amides is 2. The van der Waals surface area contributed by atoms with E-state index in [-0.39, 0.29) is 6.61 Å². The fraction of sp³-hybridized carbons (Fsp3) is 0.385. The molecule has 0 aromatic carbocycles. The number of fused-ring (bicyclic) bond motifs is 1. The van der Waals surface area contributed by atoms with Crippen molar-refractivity contribution < 1.29 is 14.3 Å². The van der Waals surface area contributed by atoms with Crippen molar-refractivity contribution in [2.45, 2.75) is 20.8 Å². The van der Waals surface area contributed by atoms with E-state index in [0.717, 1.165) is 11.1 Å². The van der Waals surface area contributed by atoms with Crippen LogP contribution < -0.4 is 10.9 Å². The lowest BCUT2D eigenvalue weighted by Crippen LogP contribution is -2.42. The highest BCUT2D eigenvalue weighted by molar-refractivity contribution is 5.99. The van der Waals surface area contributed by atoms with Gasteiger partial charge in [-0.3, -0.25) is 14.9 Å². The average Bonchev–Trinajstić information content (AvgIpc) is 2.70. The minimum absolute atomic E-state index is 0.225. The van der Waals surface area contributed by atoms with Crippen molar-refractivity contribution in [3.05, 3.63) is 23.0 Å². The third-order valence-corrected chi connectivity index (χ3v) is 2.99. The van der Waals surface area contributed by atoms with E-state index in [1.165, 1.54) is 0 Å². The molecule has 0 atom stereocenters. The van der Waals surface area contributed by atoms with Crippen molar-refractivity contribution in [3.63, 3.8) is 0 Å². The number of aryl methyl sites for hydroxylation is 3. The van der Waals surface area contributed by atoms with Crippen molar-refractivity contribution in [2.24, 2.45) is 7.05 Å². The summed E-state index contributed by atoms with van der Waals surface area (Å²) >= 11 is 0. The number of rotatable bonds is 2. The van der Waals surface area contributed by atoms with Gasteiger partial charge in [-0.05, 0) is 26.8 Å². The molecule has 0 aliphatic rings. The lowest BCUT2D eigenvalue weighted by atomic mass is 10.1. The van der Waals surface area contributed by atoms with Crippen LogP contribution in [0.1, 0.15) is 28.7 Å². The number of pyridine rings is 1. The van der Waals surface area contributed by atoms with E-state index in [4.69, 9.17) is 0 Å². The first-order valence-electron chi connectivity index (χ1n) is 6.48. The zero-order valence-corrected chi connectivity index (χ0v) is 12.4. The molecule has 21 heavy (non-hydrogen) atoms. The number of hydrogen-bond donors (Lipinski definition) is 2. The molecule has 0 spiro atoms. The summed E-state index contributed by atoms with van der Waals surface area (Å²) in [6, 6.07) is 1.71. The molecular formula is C13H17N5O3. The van der Waals surface area contributed by atoms with Crippen molar-refractivity contribution in [3.8, 4) is 0 Å². The molecule has 0 aliphatic carbocycles. The summed E-state index contributed by atoms with van der Waals surface area (Å²) in [6.45, 7) is 5.47. The van der Waals surface area contributed by atoms with E-state index in [9.17, 15) is 9.59 Å². The van der Waals surface area contributed by atoms with E-state index < -0.39 is 12.0 Å². The van der Waals surface area contributed by atoms with Gasteiger partial charge in [0.2, 0.25) is 0 Å². The predicted octanol–water partition coefficient (Wildman–Crippen LogP) is 0.976. The molecular weight excluding hydrogens is 274 g/mol. The Morgan fingerprint density at radius 2 is 2.00 bits per heavy atom. The number of hydrogen-bond acceptors (Lipinski definition) is 5. The van der Waals surface area contributed by atoms with Crippen LogP contribution in [0.25, 0.3) is 11.0 Å². The first kappa shape index (κ1) is 14.8. The maximum Gasteiger partial charge on any atom is 0.426 e. The first-order chi connectivity index (χ1) is 9.93. The zero-order chi connectivity index (χ0) is 15.6. The molecule has 2 N–H and O–H groups in total. The van der Waals surface area contributed by atoms with E-state index in [2.05, 4.69) is 25.7 Å². The van der Waals surface area contributed by atoms with Crippen LogP contribution >= 0.6 is 0 Å². The second-order valence-electron chi connectivity index (χ2n) is 4.50. The Bertz CT molecular complexity index is 707. The SMILES string of the molecule is CCOC(=O)NNC(=O)c1cc2c(C)nn(C)c2nc1C. The summed E-state index contributed by atoms with van der Waals surface area (Å²) in [5, 5.41) is 5.06. The van der Waals surface area contributed by atoms with Crippen LogP contribution in [-0.2, 0) is 11.8 Å². The van der Waals surface area contributed by atoms with Crippen molar-refractivity contribution in [1.82, 2.24) is 25.6 Å². The van der Waals surface area contributed by atoms with Crippen LogP contribution in [0.15, 0.2) is 6.07 Å². The van der Waals surface area contributed by atoms with Gasteiger partial charge in [-0.25, -0.2) is 15.2 Å². The van der Waals surface area contributed by atoms with Gasteiger partial charge in [-0.15, -0.1) is 0 Å². The number of carbonyl (C=O) groups excluding carboxylic acids is 2. The topological polar surface area (TPSA) is 98.1 Å². The molecule has 2 heterocycles. The zero-order valence-electron chi connectivity index (χ0n) is 12.4. The Hall–Kier alpha value is -2.64. The Labute approximate surface area is 121 Å². The monoisotopic (exact) mass is 291 g/mol. The highest BCUT2D eigenvalue weighted by Crippen LogP contribution is 2.19. The molecule has 0 bridgehead atoms. The molecule has 0 radical (unpaired) electrons. The van der Waals surface area contributed by atoms with Crippen LogP contribution in [0.4, 0.5) is 4.79 Å². The first-order valence-corrected chi connectivity index (χ1v) is 6.48. The molecule has 112 valence electrons. The molecule has 2 amide bonds. The number of nitrogens with one attached hydrogen (secondary N) is 2. The average molecular weight is 291 g/mol. The summed E-state index contributed by atoms with van der Waals surface area (Å²) in [6.07, 6.45) is -0.713. The standard InChI is InChI=1S/C13H17N5O3/c1-5-21-13(20)16-15-12(19)10-6-9-8(3)17-18(4)11(9)14-7(10)2/h6H,5H2,1-4H3,(H,15,19)(H,16,20). The predicted molar refractivity (Wildman–Crippen MR) is 75.6 cm³/mol. The minimum Gasteiger partial charge on any atom is -0.449 e. The largest absolute Gasteiger partial charge is 0.449 e. The van der Waals surface area contributed by atoms with Crippen LogP contribution in [0, 0.1) is 13.8 Å². The Morgan fingerprint density at radius 3 is 2.67 bits per heavy atom. The van der Waals surface area contributed by atoms with Gasteiger partial charge in [-0.2, -0.15) is 5.10 Å². The highest BCUT2D eigenvalue weighted by Gasteiger charge is 2.15. The minimum atomic E-state index is -0.713. The van der Waals surface area contributed by atoms with Gasteiger partial charge in [0.1, 0.15) is 0 Å². The molecule has 8 heteroatoms. The second-order valence-corrected chi connectivity index (χ2v) is 4.50. The molecule has 2 aromatic rings. The molecule has 2 rings (SSSR count). The summed E-state index contributed by atoms with van der Waals surface area (Å²) in [7, 11) is 1.80. The van der Waals surface area contributed by atoms with Gasteiger partial charge in [0.25, 0.3) is 5.91 Å². The van der Waals surface area contributed by atoms with Gasteiger partial charge in [0.15, 0.2) is 5.65 Å². The quantitative estimate of drug-likeness (QED) is 0.804. The number of nitrogens with zero attached hydrogens (tertiary/aromatic N) is 3. The molecule has 0 saturated carbocycles. The van der Waals surface area contributed by atoms with Gasteiger partial charge in [0, 0.05) is 12.4 Å². The van der Waals surface area contributed by atoms with E-state index in [1.54, 1.807) is 31.6 Å². The normalized spacial score (nSPS) is 10.5. The lowest BCUT2D eigenvalue weighted by Gasteiger charge is -2.09. The molecule has 0 saturated heterocycles. The fourth-order valence-corrected chi connectivity index (χ4v) is 2.00. The third kappa shape index (κ3) is 2.93. The molecule has 0 fully saturated rings. The lowest BCUT2D eigenvalue weighted by molar-refractivity contribution is 0.0912. The number of hydrazine groups is 1. The van der Waals surface area contributed by atoms with Gasteiger partial charge in [0.05, 0.1) is 23.6 Å².